The van der Waals surface area contributed by atoms with Crippen LogP contribution in [0.3, 0.4) is 0 Å². The van der Waals surface area contributed by atoms with Gasteiger partial charge in [-0.25, -0.2) is 4.79 Å². The van der Waals surface area contributed by atoms with E-state index in [0.29, 0.717) is 6.04 Å². The van der Waals surface area contributed by atoms with E-state index in [0.717, 1.165) is 19.5 Å². The Bertz CT molecular complexity index is 258. The van der Waals surface area contributed by atoms with E-state index >= 15 is 0 Å². The van der Waals surface area contributed by atoms with E-state index in [1.54, 1.807) is 6.92 Å². The van der Waals surface area contributed by atoms with Gasteiger partial charge in [0.15, 0.2) is 0 Å². The fourth-order valence-electron chi connectivity index (χ4n) is 1.74. The molecule has 0 aromatic rings. The van der Waals surface area contributed by atoms with Crippen LogP contribution in [-0.4, -0.2) is 56.2 Å². The van der Waals surface area contributed by atoms with Gasteiger partial charge in [-0.3, -0.25) is 15.0 Å². The molecule has 1 fully saturated rings. The van der Waals surface area contributed by atoms with Crippen molar-refractivity contribution in [1.29, 1.82) is 0 Å². The Morgan fingerprint density at radius 1 is 1.50 bits per heavy atom. The first-order valence-electron chi connectivity index (χ1n) is 5.52. The second-order valence-electron chi connectivity index (χ2n) is 3.78. The lowest BCUT2D eigenvalue weighted by molar-refractivity contribution is -0.121. The number of hydrogen-bond acceptors (Lipinski definition) is 5. The molecule has 6 heteroatoms. The van der Waals surface area contributed by atoms with Gasteiger partial charge >= 0.3 is 6.09 Å². The summed E-state index contributed by atoms with van der Waals surface area (Å²) in [5.74, 6) is -0.310. The molecule has 0 aromatic heterocycles. The topological polar surface area (TPSA) is 70.7 Å². The Morgan fingerprint density at radius 2 is 2.25 bits per heavy atom. The zero-order valence-electron chi connectivity index (χ0n) is 9.78. The summed E-state index contributed by atoms with van der Waals surface area (Å²) in [6.45, 7) is 3.93. The number of nitrogens with one attached hydrogen (secondary N) is 2. The number of ether oxygens (including phenoxy) is 1. The number of imide groups is 1. The van der Waals surface area contributed by atoms with Gasteiger partial charge in [0.05, 0.1) is 13.2 Å². The van der Waals surface area contributed by atoms with Gasteiger partial charge < -0.3 is 10.1 Å². The predicted molar refractivity (Wildman–Crippen MR) is 59.1 cm³/mol. The third kappa shape index (κ3) is 4.16. The van der Waals surface area contributed by atoms with Crippen molar-refractivity contribution in [2.24, 2.45) is 0 Å². The third-order valence-corrected chi connectivity index (χ3v) is 2.56. The molecular weight excluding hydrogens is 210 g/mol. The van der Waals surface area contributed by atoms with E-state index in [-0.39, 0.29) is 19.1 Å². The largest absolute Gasteiger partial charge is 0.450 e. The van der Waals surface area contributed by atoms with Crippen LogP contribution >= 0.6 is 0 Å². The van der Waals surface area contributed by atoms with Crippen molar-refractivity contribution >= 4 is 12.0 Å². The molecule has 1 atom stereocenters. The molecule has 0 bridgehead atoms. The minimum Gasteiger partial charge on any atom is -0.450 e. The zero-order valence-corrected chi connectivity index (χ0v) is 9.78. The molecule has 0 radical (unpaired) electrons. The number of amides is 2. The van der Waals surface area contributed by atoms with Crippen molar-refractivity contribution < 1.29 is 14.3 Å². The summed E-state index contributed by atoms with van der Waals surface area (Å²) in [5, 5.41) is 5.34. The SMILES string of the molecule is CCOC(=O)NC(=O)CN1CCC(NC)C1. The number of likely N-dealkylation sites (N-methyl/N-ethyl adjacent to an activating group) is 1. The van der Waals surface area contributed by atoms with Gasteiger partial charge in [-0.2, -0.15) is 0 Å². The van der Waals surface area contributed by atoms with Gasteiger partial charge in [0.2, 0.25) is 5.91 Å². The standard InChI is InChI=1S/C10H19N3O3/c1-3-16-10(15)12-9(14)7-13-5-4-8(6-13)11-2/h8,11H,3-7H2,1-2H3,(H,12,14,15). The number of carbonyl (C=O) groups is 2. The van der Waals surface area contributed by atoms with E-state index < -0.39 is 6.09 Å². The molecule has 0 saturated carbocycles. The van der Waals surface area contributed by atoms with Crippen molar-refractivity contribution in [1.82, 2.24) is 15.5 Å². The van der Waals surface area contributed by atoms with Gasteiger partial charge in [0.1, 0.15) is 0 Å². The van der Waals surface area contributed by atoms with E-state index in [1.807, 2.05) is 11.9 Å². The van der Waals surface area contributed by atoms with Gasteiger partial charge in [-0.1, -0.05) is 0 Å². The average Bonchev–Trinajstić information content (AvgIpc) is 2.65. The molecule has 1 unspecified atom stereocenters. The number of alkyl carbamates (subject to hydrolysis) is 1. The third-order valence-electron chi connectivity index (χ3n) is 2.56. The van der Waals surface area contributed by atoms with Crippen LogP contribution in [-0.2, 0) is 9.53 Å². The fraction of sp³-hybridized carbons (Fsp3) is 0.800. The molecule has 0 aromatic carbocycles. The minimum absolute atomic E-state index is 0.247. The first-order chi connectivity index (χ1) is 7.65. The van der Waals surface area contributed by atoms with Crippen LogP contribution < -0.4 is 10.6 Å². The number of likely N-dealkylation sites (tertiary alicyclic amines) is 1. The summed E-state index contributed by atoms with van der Waals surface area (Å²) in [6.07, 6.45) is 0.361. The molecular formula is C10H19N3O3. The van der Waals surface area contributed by atoms with Gasteiger partial charge in [-0.15, -0.1) is 0 Å². The summed E-state index contributed by atoms with van der Waals surface area (Å²) < 4.78 is 4.62. The molecule has 2 amide bonds. The average molecular weight is 229 g/mol. The van der Waals surface area contributed by atoms with Crippen LogP contribution in [0.15, 0.2) is 0 Å². The highest BCUT2D eigenvalue weighted by Crippen LogP contribution is 2.07. The normalized spacial score (nSPS) is 20.8. The zero-order chi connectivity index (χ0) is 12.0. The van der Waals surface area contributed by atoms with Gasteiger partial charge in [0, 0.05) is 19.1 Å². The number of nitrogens with zero attached hydrogens (tertiary/aromatic N) is 1. The van der Waals surface area contributed by atoms with Crippen LogP contribution in [0.2, 0.25) is 0 Å². The molecule has 1 aliphatic heterocycles. The van der Waals surface area contributed by atoms with Crippen LogP contribution in [0.25, 0.3) is 0 Å². The number of carbonyl (C=O) groups excluding carboxylic acids is 2. The maximum absolute atomic E-state index is 11.4. The molecule has 16 heavy (non-hydrogen) atoms. The molecule has 1 rings (SSSR count). The van der Waals surface area contributed by atoms with Crippen molar-refractivity contribution in [3.8, 4) is 0 Å². The van der Waals surface area contributed by atoms with Crippen LogP contribution in [0.4, 0.5) is 4.79 Å². The Labute approximate surface area is 95.3 Å². The lowest BCUT2D eigenvalue weighted by Crippen LogP contribution is -2.40. The van der Waals surface area contributed by atoms with Crippen LogP contribution in [0.1, 0.15) is 13.3 Å². The maximum atomic E-state index is 11.4. The highest BCUT2D eigenvalue weighted by molar-refractivity contribution is 5.92. The molecule has 92 valence electrons. The smallest absolute Gasteiger partial charge is 0.413 e. The van der Waals surface area contributed by atoms with Crippen molar-refractivity contribution in [3.05, 3.63) is 0 Å². The van der Waals surface area contributed by atoms with E-state index in [9.17, 15) is 9.59 Å². The number of rotatable bonds is 4. The quantitative estimate of drug-likeness (QED) is 0.683. The second-order valence-corrected chi connectivity index (χ2v) is 3.78. The van der Waals surface area contributed by atoms with Crippen molar-refractivity contribution in [2.45, 2.75) is 19.4 Å². The van der Waals surface area contributed by atoms with E-state index in [1.165, 1.54) is 0 Å². The minimum atomic E-state index is -0.670. The van der Waals surface area contributed by atoms with Crippen LogP contribution in [0, 0.1) is 0 Å². The highest BCUT2D eigenvalue weighted by Gasteiger charge is 2.23. The molecule has 0 spiro atoms. The summed E-state index contributed by atoms with van der Waals surface area (Å²) in [4.78, 5) is 24.4. The van der Waals surface area contributed by atoms with Crippen LogP contribution in [0.5, 0.6) is 0 Å². The number of hydrogen-bond donors (Lipinski definition) is 2. The van der Waals surface area contributed by atoms with Crippen molar-refractivity contribution in [3.63, 3.8) is 0 Å². The first kappa shape index (κ1) is 12.9. The summed E-state index contributed by atoms with van der Waals surface area (Å²) in [7, 11) is 1.91. The molecule has 1 aliphatic rings. The van der Waals surface area contributed by atoms with Crippen molar-refractivity contribution in [2.75, 3.05) is 33.3 Å². The lowest BCUT2D eigenvalue weighted by Gasteiger charge is -2.14. The molecule has 1 saturated heterocycles. The Balaban J connectivity index is 2.22. The van der Waals surface area contributed by atoms with E-state index in [4.69, 9.17) is 0 Å². The highest BCUT2D eigenvalue weighted by atomic mass is 16.5. The predicted octanol–water partition coefficient (Wildman–Crippen LogP) is -0.447. The fourth-order valence-corrected chi connectivity index (χ4v) is 1.74. The summed E-state index contributed by atoms with van der Waals surface area (Å²) in [5.41, 5.74) is 0. The second kappa shape index (κ2) is 6.44. The molecule has 2 N–H and O–H groups in total. The summed E-state index contributed by atoms with van der Waals surface area (Å²) in [6, 6.07) is 0.440. The lowest BCUT2D eigenvalue weighted by atomic mass is 10.3. The first-order valence-corrected chi connectivity index (χ1v) is 5.52. The van der Waals surface area contributed by atoms with E-state index in [2.05, 4.69) is 15.4 Å². The monoisotopic (exact) mass is 229 g/mol. The Morgan fingerprint density at radius 3 is 2.81 bits per heavy atom. The van der Waals surface area contributed by atoms with Gasteiger partial charge in [-0.05, 0) is 20.4 Å². The maximum Gasteiger partial charge on any atom is 0.413 e. The molecule has 6 nitrogen and oxygen atoms in total. The molecule has 1 heterocycles. The van der Waals surface area contributed by atoms with Gasteiger partial charge in [0.25, 0.3) is 0 Å². The molecule has 0 aliphatic carbocycles. The Kier molecular flexibility index (Phi) is 5.21. The Hall–Kier alpha value is -1.14. The summed E-state index contributed by atoms with van der Waals surface area (Å²) >= 11 is 0.